The van der Waals surface area contributed by atoms with Crippen molar-refractivity contribution in [2.45, 2.75) is 6.92 Å². The van der Waals surface area contributed by atoms with Gasteiger partial charge in [-0.3, -0.25) is 9.59 Å². The number of nitrogens with zero attached hydrogens (tertiary/aromatic N) is 2. The molecular weight excluding hydrogens is 334 g/mol. The van der Waals surface area contributed by atoms with E-state index in [1.54, 1.807) is 28.0 Å². The lowest BCUT2D eigenvalue weighted by Crippen LogP contribution is -2.52. The number of ether oxygens (including phenoxy) is 2. The number of halogens is 1. The Hall–Kier alpha value is -1.99. The lowest BCUT2D eigenvalue weighted by Gasteiger charge is -2.36. The van der Waals surface area contributed by atoms with Crippen molar-refractivity contribution in [3.63, 3.8) is 0 Å². The number of carbonyl (C=O) groups is 2. The molecule has 24 heavy (non-hydrogen) atoms. The normalized spacial score (nSPS) is 17.2. The van der Waals surface area contributed by atoms with E-state index in [1.807, 2.05) is 6.92 Å². The number of fused-ring (bicyclic) bond motifs is 1. The number of benzene rings is 1. The van der Waals surface area contributed by atoms with Crippen molar-refractivity contribution in [2.75, 3.05) is 39.5 Å². The highest BCUT2D eigenvalue weighted by Crippen LogP contribution is 2.32. The molecule has 0 aromatic heterocycles. The number of hydrogen-bond acceptors (Lipinski definition) is 5. The second kappa shape index (κ2) is 7.72. The maximum Gasteiger partial charge on any atom is 0.254 e. The molecular formula is C16H22ClN3O4. The maximum atomic E-state index is 12.6. The molecule has 0 bridgehead atoms. The van der Waals surface area contributed by atoms with Crippen LogP contribution in [0.15, 0.2) is 18.2 Å². The summed E-state index contributed by atoms with van der Waals surface area (Å²) < 4.78 is 10.6. The van der Waals surface area contributed by atoms with Crippen LogP contribution in [0.2, 0.25) is 0 Å². The third kappa shape index (κ3) is 3.57. The molecule has 1 aromatic rings. The van der Waals surface area contributed by atoms with Crippen LogP contribution in [0.4, 0.5) is 0 Å². The lowest BCUT2D eigenvalue weighted by molar-refractivity contribution is -0.136. The Morgan fingerprint density at radius 1 is 1.12 bits per heavy atom. The Kier molecular flexibility index (Phi) is 5.90. The van der Waals surface area contributed by atoms with Crippen molar-refractivity contribution < 1.29 is 19.1 Å². The first-order chi connectivity index (χ1) is 11.1. The van der Waals surface area contributed by atoms with Crippen molar-refractivity contribution in [1.82, 2.24) is 9.80 Å². The monoisotopic (exact) mass is 355 g/mol. The number of hydrogen-bond donors (Lipinski definition) is 1. The summed E-state index contributed by atoms with van der Waals surface area (Å²) in [6.45, 7) is 4.49. The first-order valence-electron chi connectivity index (χ1n) is 7.78. The van der Waals surface area contributed by atoms with Gasteiger partial charge in [0.2, 0.25) is 12.7 Å². The number of piperazine rings is 1. The molecule has 1 saturated heterocycles. The van der Waals surface area contributed by atoms with E-state index >= 15 is 0 Å². The predicted molar refractivity (Wildman–Crippen MR) is 90.5 cm³/mol. The minimum Gasteiger partial charge on any atom is -0.454 e. The van der Waals surface area contributed by atoms with Crippen LogP contribution in [-0.4, -0.2) is 61.1 Å². The van der Waals surface area contributed by atoms with Gasteiger partial charge >= 0.3 is 0 Å². The van der Waals surface area contributed by atoms with Crippen LogP contribution in [0.3, 0.4) is 0 Å². The topological polar surface area (TPSA) is 85.1 Å². The van der Waals surface area contributed by atoms with E-state index in [4.69, 9.17) is 15.2 Å². The molecule has 2 aliphatic rings. The van der Waals surface area contributed by atoms with Crippen LogP contribution in [0.5, 0.6) is 11.5 Å². The highest BCUT2D eigenvalue weighted by Gasteiger charge is 2.27. The summed E-state index contributed by atoms with van der Waals surface area (Å²) in [5.41, 5.74) is 6.12. The fourth-order valence-electron chi connectivity index (χ4n) is 2.75. The van der Waals surface area contributed by atoms with E-state index in [2.05, 4.69) is 0 Å². The van der Waals surface area contributed by atoms with E-state index in [0.717, 1.165) is 0 Å². The molecule has 1 fully saturated rings. The third-order valence-electron chi connectivity index (χ3n) is 4.27. The first-order valence-corrected chi connectivity index (χ1v) is 7.78. The predicted octanol–water partition coefficient (Wildman–Crippen LogP) is 0.716. The second-order valence-corrected chi connectivity index (χ2v) is 5.82. The standard InChI is InChI=1S/C16H21N3O4.ClH/c1-11(9-17)15(20)18-4-6-19(7-5-18)16(21)12-2-3-13-14(8-12)23-10-22-13;/h2-3,8,11H,4-7,9-10,17H2,1H3;1H. The van der Waals surface area contributed by atoms with Gasteiger partial charge in [-0.1, -0.05) is 6.92 Å². The molecule has 1 unspecified atom stereocenters. The highest BCUT2D eigenvalue weighted by molar-refractivity contribution is 5.95. The van der Waals surface area contributed by atoms with Crippen molar-refractivity contribution in [2.24, 2.45) is 11.7 Å². The molecule has 2 amide bonds. The molecule has 0 radical (unpaired) electrons. The van der Waals surface area contributed by atoms with Crippen LogP contribution >= 0.6 is 12.4 Å². The van der Waals surface area contributed by atoms with Gasteiger partial charge in [0, 0.05) is 44.2 Å². The average Bonchev–Trinajstić information content (AvgIpc) is 3.07. The Morgan fingerprint density at radius 2 is 1.75 bits per heavy atom. The maximum absolute atomic E-state index is 12.6. The summed E-state index contributed by atoms with van der Waals surface area (Å²) in [5.74, 6) is 1.09. The Morgan fingerprint density at radius 3 is 2.42 bits per heavy atom. The fourth-order valence-corrected chi connectivity index (χ4v) is 2.75. The van der Waals surface area contributed by atoms with Gasteiger partial charge in [0.25, 0.3) is 5.91 Å². The highest BCUT2D eigenvalue weighted by atomic mass is 35.5. The van der Waals surface area contributed by atoms with E-state index < -0.39 is 0 Å². The van der Waals surface area contributed by atoms with E-state index in [9.17, 15) is 9.59 Å². The minimum atomic E-state index is -0.175. The van der Waals surface area contributed by atoms with Crippen molar-refractivity contribution in [1.29, 1.82) is 0 Å². The number of rotatable bonds is 3. The Balaban J connectivity index is 0.00000208. The molecule has 3 rings (SSSR count). The van der Waals surface area contributed by atoms with E-state index in [1.165, 1.54) is 0 Å². The zero-order valence-electron chi connectivity index (χ0n) is 13.6. The van der Waals surface area contributed by atoms with Gasteiger partial charge in [0.15, 0.2) is 11.5 Å². The summed E-state index contributed by atoms with van der Waals surface area (Å²) in [4.78, 5) is 28.2. The van der Waals surface area contributed by atoms with E-state index in [-0.39, 0.29) is 36.9 Å². The van der Waals surface area contributed by atoms with Gasteiger partial charge in [-0.05, 0) is 18.2 Å². The van der Waals surface area contributed by atoms with Crippen LogP contribution in [0.25, 0.3) is 0 Å². The molecule has 2 heterocycles. The minimum absolute atomic E-state index is 0. The molecule has 0 spiro atoms. The molecule has 8 heteroatoms. The van der Waals surface area contributed by atoms with Gasteiger partial charge in [0.1, 0.15) is 0 Å². The lowest BCUT2D eigenvalue weighted by atomic mass is 10.1. The largest absolute Gasteiger partial charge is 0.454 e. The quantitative estimate of drug-likeness (QED) is 0.863. The molecule has 0 aliphatic carbocycles. The number of nitrogens with two attached hydrogens (primary N) is 1. The zero-order chi connectivity index (χ0) is 16.4. The Bertz CT molecular complexity index is 617. The summed E-state index contributed by atoms with van der Waals surface area (Å²) in [7, 11) is 0. The third-order valence-corrected chi connectivity index (χ3v) is 4.27. The summed E-state index contributed by atoms with van der Waals surface area (Å²) >= 11 is 0. The summed E-state index contributed by atoms with van der Waals surface area (Å²) in [5, 5.41) is 0. The molecule has 0 saturated carbocycles. The van der Waals surface area contributed by atoms with Crippen molar-refractivity contribution in [3.05, 3.63) is 23.8 Å². The smallest absolute Gasteiger partial charge is 0.254 e. The summed E-state index contributed by atoms with van der Waals surface area (Å²) in [6.07, 6.45) is 0. The van der Waals surface area contributed by atoms with Gasteiger partial charge < -0.3 is 25.0 Å². The molecule has 1 aromatic carbocycles. The summed E-state index contributed by atoms with van der Waals surface area (Å²) in [6, 6.07) is 5.20. The van der Waals surface area contributed by atoms with Crippen LogP contribution in [0, 0.1) is 5.92 Å². The number of carbonyl (C=O) groups excluding carboxylic acids is 2. The van der Waals surface area contributed by atoms with Gasteiger partial charge in [-0.15, -0.1) is 12.4 Å². The number of amides is 2. The van der Waals surface area contributed by atoms with Gasteiger partial charge in [0.05, 0.1) is 0 Å². The molecule has 2 aliphatic heterocycles. The van der Waals surface area contributed by atoms with Crippen molar-refractivity contribution in [3.8, 4) is 11.5 Å². The van der Waals surface area contributed by atoms with Crippen LogP contribution in [-0.2, 0) is 4.79 Å². The first kappa shape index (κ1) is 18.4. The fraction of sp³-hybridized carbons (Fsp3) is 0.500. The molecule has 2 N–H and O–H groups in total. The second-order valence-electron chi connectivity index (χ2n) is 5.82. The Labute approximate surface area is 147 Å². The van der Waals surface area contributed by atoms with Crippen LogP contribution < -0.4 is 15.2 Å². The van der Waals surface area contributed by atoms with Gasteiger partial charge in [-0.25, -0.2) is 0 Å². The zero-order valence-corrected chi connectivity index (χ0v) is 14.4. The SMILES string of the molecule is CC(CN)C(=O)N1CCN(C(=O)c2ccc3c(c2)OCO3)CC1.Cl. The molecule has 1 atom stereocenters. The van der Waals surface area contributed by atoms with Crippen molar-refractivity contribution >= 4 is 24.2 Å². The molecule has 7 nitrogen and oxygen atoms in total. The van der Waals surface area contributed by atoms with Crippen LogP contribution in [0.1, 0.15) is 17.3 Å². The average molecular weight is 356 g/mol. The van der Waals surface area contributed by atoms with E-state index in [0.29, 0.717) is 49.8 Å². The molecule has 132 valence electrons. The van der Waals surface area contributed by atoms with Gasteiger partial charge in [-0.2, -0.15) is 0 Å².